The summed E-state index contributed by atoms with van der Waals surface area (Å²) < 4.78 is 0. The van der Waals surface area contributed by atoms with Crippen molar-refractivity contribution in [3.8, 4) is 0 Å². The van der Waals surface area contributed by atoms with Crippen molar-refractivity contribution in [2.75, 3.05) is 13.1 Å². The molecule has 1 atom stereocenters. The Balaban J connectivity index is 2.62. The van der Waals surface area contributed by atoms with E-state index < -0.39 is 0 Å². The Morgan fingerprint density at radius 1 is 1.32 bits per heavy atom. The highest BCUT2D eigenvalue weighted by molar-refractivity contribution is 5.92. The van der Waals surface area contributed by atoms with Crippen LogP contribution in [0.5, 0.6) is 0 Å². The predicted molar refractivity (Wildman–Crippen MR) is 85.4 cm³/mol. The van der Waals surface area contributed by atoms with Gasteiger partial charge in [0.15, 0.2) is 0 Å². The molecule has 0 fully saturated rings. The first-order valence-corrected chi connectivity index (χ1v) is 7.93. The quantitative estimate of drug-likeness (QED) is 0.708. The average Bonchev–Trinajstić information content (AvgIpc) is 2.55. The van der Waals surface area contributed by atoms with Crippen LogP contribution in [-0.4, -0.2) is 45.8 Å². The van der Waals surface area contributed by atoms with Gasteiger partial charge in [0.2, 0.25) is 5.91 Å². The molecule has 1 aromatic rings. The zero-order valence-corrected chi connectivity index (χ0v) is 13.7. The first-order valence-electron chi connectivity index (χ1n) is 7.93. The molecular weight excluding hydrogens is 280 g/mol. The third-order valence-electron chi connectivity index (χ3n) is 3.60. The van der Waals surface area contributed by atoms with Gasteiger partial charge in [-0.2, -0.15) is 0 Å². The lowest BCUT2D eigenvalue weighted by Gasteiger charge is -2.28. The molecule has 6 heteroatoms. The third-order valence-corrected chi connectivity index (χ3v) is 3.60. The number of nitrogens with zero attached hydrogens (tertiary/aromatic N) is 3. The standard InChI is InChI=1S/C16H26N4O2/c1-4-6-8-19-15(21)7-11-20(13(3)5-2)16(22)14-12-17-9-10-18-14/h9-10,12-13H,4-8,11H2,1-3H3,(H,19,21). The summed E-state index contributed by atoms with van der Waals surface area (Å²) in [6.45, 7) is 7.15. The van der Waals surface area contributed by atoms with Gasteiger partial charge in [-0.3, -0.25) is 14.6 Å². The molecule has 0 spiro atoms. The smallest absolute Gasteiger partial charge is 0.274 e. The largest absolute Gasteiger partial charge is 0.356 e. The SMILES string of the molecule is CCCCNC(=O)CCN(C(=O)c1cnccn1)C(C)CC. The highest BCUT2D eigenvalue weighted by Crippen LogP contribution is 2.09. The third kappa shape index (κ3) is 5.79. The second-order valence-corrected chi connectivity index (χ2v) is 5.30. The van der Waals surface area contributed by atoms with Gasteiger partial charge in [0.1, 0.15) is 5.69 Å². The Bertz CT molecular complexity index is 464. The number of rotatable bonds is 9. The van der Waals surface area contributed by atoms with Crippen LogP contribution in [0.15, 0.2) is 18.6 Å². The number of hydrogen-bond acceptors (Lipinski definition) is 4. The van der Waals surface area contributed by atoms with Crippen molar-refractivity contribution in [3.05, 3.63) is 24.3 Å². The van der Waals surface area contributed by atoms with E-state index in [1.165, 1.54) is 18.6 Å². The number of nitrogens with one attached hydrogen (secondary N) is 1. The predicted octanol–water partition coefficient (Wildman–Crippen LogP) is 2.02. The molecule has 1 aromatic heterocycles. The molecule has 0 aliphatic carbocycles. The molecule has 0 saturated carbocycles. The number of carbonyl (C=O) groups excluding carboxylic acids is 2. The minimum Gasteiger partial charge on any atom is -0.356 e. The van der Waals surface area contributed by atoms with Crippen molar-refractivity contribution in [3.63, 3.8) is 0 Å². The lowest BCUT2D eigenvalue weighted by molar-refractivity contribution is -0.121. The van der Waals surface area contributed by atoms with Crippen LogP contribution in [0.4, 0.5) is 0 Å². The molecule has 1 rings (SSSR count). The van der Waals surface area contributed by atoms with Gasteiger partial charge in [-0.15, -0.1) is 0 Å². The van der Waals surface area contributed by atoms with E-state index in [0.29, 0.717) is 25.2 Å². The number of unbranched alkanes of at least 4 members (excludes halogenated alkanes) is 1. The fourth-order valence-electron chi connectivity index (χ4n) is 2.01. The second-order valence-electron chi connectivity index (χ2n) is 5.30. The van der Waals surface area contributed by atoms with Crippen molar-refractivity contribution in [1.82, 2.24) is 20.2 Å². The Morgan fingerprint density at radius 2 is 2.09 bits per heavy atom. The molecule has 22 heavy (non-hydrogen) atoms. The van der Waals surface area contributed by atoms with E-state index in [9.17, 15) is 9.59 Å². The molecule has 0 bridgehead atoms. The van der Waals surface area contributed by atoms with Crippen LogP contribution in [0.2, 0.25) is 0 Å². The number of amides is 2. The fourth-order valence-corrected chi connectivity index (χ4v) is 2.01. The van der Waals surface area contributed by atoms with Gasteiger partial charge in [0.05, 0.1) is 6.20 Å². The van der Waals surface area contributed by atoms with Crippen molar-refractivity contribution < 1.29 is 9.59 Å². The van der Waals surface area contributed by atoms with E-state index in [1.54, 1.807) is 4.90 Å². The molecular formula is C16H26N4O2. The Kier molecular flexibility index (Phi) is 8.10. The van der Waals surface area contributed by atoms with Crippen LogP contribution in [0.1, 0.15) is 56.9 Å². The van der Waals surface area contributed by atoms with Crippen molar-refractivity contribution in [2.45, 2.75) is 52.5 Å². The second kappa shape index (κ2) is 9.87. The maximum atomic E-state index is 12.5. The number of aromatic nitrogens is 2. The molecule has 6 nitrogen and oxygen atoms in total. The molecule has 2 amide bonds. The van der Waals surface area contributed by atoms with E-state index in [1.807, 2.05) is 13.8 Å². The van der Waals surface area contributed by atoms with Crippen molar-refractivity contribution in [1.29, 1.82) is 0 Å². The van der Waals surface area contributed by atoms with E-state index in [-0.39, 0.29) is 17.9 Å². The maximum absolute atomic E-state index is 12.5. The monoisotopic (exact) mass is 306 g/mol. The molecule has 0 aromatic carbocycles. The zero-order chi connectivity index (χ0) is 16.4. The van der Waals surface area contributed by atoms with Gasteiger partial charge >= 0.3 is 0 Å². The summed E-state index contributed by atoms with van der Waals surface area (Å²) in [5.41, 5.74) is 0.314. The minimum atomic E-state index is -0.177. The van der Waals surface area contributed by atoms with Crippen LogP contribution in [-0.2, 0) is 4.79 Å². The van der Waals surface area contributed by atoms with E-state index >= 15 is 0 Å². The number of carbonyl (C=O) groups is 2. The van der Waals surface area contributed by atoms with E-state index in [0.717, 1.165) is 19.3 Å². The summed E-state index contributed by atoms with van der Waals surface area (Å²) in [7, 11) is 0. The molecule has 1 N–H and O–H groups in total. The van der Waals surface area contributed by atoms with E-state index in [2.05, 4.69) is 22.2 Å². The van der Waals surface area contributed by atoms with Crippen LogP contribution < -0.4 is 5.32 Å². The summed E-state index contributed by atoms with van der Waals surface area (Å²) >= 11 is 0. The van der Waals surface area contributed by atoms with Gasteiger partial charge in [-0.25, -0.2) is 4.98 Å². The van der Waals surface area contributed by atoms with E-state index in [4.69, 9.17) is 0 Å². The number of hydrogen-bond donors (Lipinski definition) is 1. The lowest BCUT2D eigenvalue weighted by atomic mass is 10.2. The molecule has 1 unspecified atom stereocenters. The Labute approximate surface area is 132 Å². The highest BCUT2D eigenvalue weighted by Gasteiger charge is 2.22. The van der Waals surface area contributed by atoms with Gasteiger partial charge in [-0.1, -0.05) is 20.3 Å². The Hall–Kier alpha value is -1.98. The summed E-state index contributed by atoms with van der Waals surface area (Å²) in [5.74, 6) is -0.197. The molecule has 1 heterocycles. The van der Waals surface area contributed by atoms with Crippen LogP contribution in [0.25, 0.3) is 0 Å². The molecule has 0 aliphatic rings. The molecule has 0 radical (unpaired) electrons. The first kappa shape index (κ1) is 18.1. The fraction of sp³-hybridized carbons (Fsp3) is 0.625. The molecule has 0 aliphatic heterocycles. The summed E-state index contributed by atoms with van der Waals surface area (Å²) in [6, 6.07) is 0.0537. The molecule has 122 valence electrons. The molecule has 0 saturated heterocycles. The highest BCUT2D eigenvalue weighted by atomic mass is 16.2. The van der Waals surface area contributed by atoms with Gasteiger partial charge in [0, 0.05) is 37.9 Å². The van der Waals surface area contributed by atoms with Gasteiger partial charge in [-0.05, 0) is 19.8 Å². The van der Waals surface area contributed by atoms with Crippen molar-refractivity contribution in [2.24, 2.45) is 0 Å². The first-order chi connectivity index (χ1) is 10.6. The van der Waals surface area contributed by atoms with Gasteiger partial charge in [0.25, 0.3) is 5.91 Å². The Morgan fingerprint density at radius 3 is 2.68 bits per heavy atom. The topological polar surface area (TPSA) is 75.2 Å². The van der Waals surface area contributed by atoms with Crippen LogP contribution >= 0.6 is 0 Å². The normalized spacial score (nSPS) is 11.8. The summed E-state index contributed by atoms with van der Waals surface area (Å²) in [4.78, 5) is 34.0. The summed E-state index contributed by atoms with van der Waals surface area (Å²) in [6.07, 6.45) is 7.64. The van der Waals surface area contributed by atoms with Crippen molar-refractivity contribution >= 4 is 11.8 Å². The summed E-state index contributed by atoms with van der Waals surface area (Å²) in [5, 5.41) is 2.87. The minimum absolute atomic E-state index is 0.0197. The van der Waals surface area contributed by atoms with Gasteiger partial charge < -0.3 is 10.2 Å². The lowest BCUT2D eigenvalue weighted by Crippen LogP contribution is -2.41. The van der Waals surface area contributed by atoms with Crippen LogP contribution in [0, 0.1) is 0 Å². The zero-order valence-electron chi connectivity index (χ0n) is 13.7. The average molecular weight is 306 g/mol. The maximum Gasteiger partial charge on any atom is 0.274 e. The van der Waals surface area contributed by atoms with Crippen LogP contribution in [0.3, 0.4) is 0 Å².